The van der Waals surface area contributed by atoms with Crippen molar-refractivity contribution in [3.8, 4) is 5.69 Å². The Morgan fingerprint density at radius 1 is 1.25 bits per heavy atom. The lowest BCUT2D eigenvalue weighted by atomic mass is 10.2. The number of carbonyl (C=O) groups excluding carboxylic acids is 2. The van der Waals surface area contributed by atoms with Crippen LogP contribution in [0.25, 0.3) is 5.69 Å². The second kappa shape index (κ2) is 8.32. The Bertz CT molecular complexity index is 946. The molecule has 1 saturated heterocycles. The summed E-state index contributed by atoms with van der Waals surface area (Å²) in [5, 5.41) is 11.9. The van der Waals surface area contributed by atoms with E-state index >= 15 is 0 Å². The van der Waals surface area contributed by atoms with E-state index in [2.05, 4.69) is 5.32 Å². The van der Waals surface area contributed by atoms with Gasteiger partial charge < -0.3 is 16.2 Å². The number of likely N-dealkylation sites (tertiary alicyclic amines) is 1. The normalized spacial score (nSPS) is 19.5. The van der Waals surface area contributed by atoms with Gasteiger partial charge in [0.15, 0.2) is 0 Å². The molecule has 0 radical (unpaired) electrons. The van der Waals surface area contributed by atoms with Crippen LogP contribution in [0.1, 0.15) is 12.8 Å². The predicted octanol–water partition coefficient (Wildman–Crippen LogP) is 0.226. The molecular weight excluding hydrogens is 367 g/mol. The molecule has 3 rings (SSSR count). The number of hydrogen-bond donors (Lipinski definition) is 3. The molecule has 1 aromatic heterocycles. The predicted molar refractivity (Wildman–Crippen MR) is 100 cm³/mol. The first-order valence-corrected chi connectivity index (χ1v) is 8.84. The molecule has 2 amide bonds. The molecule has 1 fully saturated rings. The summed E-state index contributed by atoms with van der Waals surface area (Å²) in [6.45, 7) is -0.399. The molecule has 1 aromatic carbocycles. The average molecular weight is 388 g/mol. The van der Waals surface area contributed by atoms with Crippen molar-refractivity contribution in [2.24, 2.45) is 5.73 Å². The maximum Gasteiger partial charge on any atom is 0.255 e. The number of hydrogen-bond acceptors (Lipinski definition) is 5. The number of nitrogens with two attached hydrogens (primary N) is 1. The summed E-state index contributed by atoms with van der Waals surface area (Å²) in [6, 6.07) is 7.63. The number of nitrogens with zero attached hydrogens (tertiary/aromatic N) is 2. The number of aliphatic hydroxyl groups excluding tert-OH is 1. The highest BCUT2D eigenvalue weighted by atomic mass is 19.1. The Morgan fingerprint density at radius 3 is 2.68 bits per heavy atom. The molecule has 28 heavy (non-hydrogen) atoms. The SMILES string of the molecule is NC(=O)C1CC[C@@H](CO)N1CC(=O)Nc1ccc(-n2ccccc2=O)cc1F. The standard InChI is InChI=1S/C19H21FN4O4/c20-14-9-12(23-8-2-1-3-18(23)27)4-6-15(14)22-17(26)10-24-13(11-25)5-7-16(24)19(21)28/h1-4,6,8-9,13,16,25H,5,7,10-11H2,(H2,21,28)(H,22,26)/t13-,16?/m0/s1. The Morgan fingerprint density at radius 2 is 2.04 bits per heavy atom. The Kier molecular flexibility index (Phi) is 5.86. The van der Waals surface area contributed by atoms with Crippen LogP contribution in [-0.4, -0.2) is 51.6 Å². The van der Waals surface area contributed by atoms with E-state index in [9.17, 15) is 23.9 Å². The van der Waals surface area contributed by atoms with E-state index in [0.29, 0.717) is 18.5 Å². The van der Waals surface area contributed by atoms with Gasteiger partial charge in [-0.15, -0.1) is 0 Å². The van der Waals surface area contributed by atoms with Gasteiger partial charge in [0, 0.05) is 24.4 Å². The summed E-state index contributed by atoms with van der Waals surface area (Å²) in [7, 11) is 0. The van der Waals surface area contributed by atoms with Gasteiger partial charge in [0.1, 0.15) is 5.82 Å². The fourth-order valence-electron chi connectivity index (χ4n) is 3.43. The van der Waals surface area contributed by atoms with Crippen molar-refractivity contribution in [2.75, 3.05) is 18.5 Å². The fourth-order valence-corrected chi connectivity index (χ4v) is 3.43. The van der Waals surface area contributed by atoms with E-state index in [0.717, 1.165) is 6.07 Å². The fraction of sp³-hybridized carbons (Fsp3) is 0.316. The van der Waals surface area contributed by atoms with E-state index < -0.39 is 23.7 Å². The lowest BCUT2D eigenvalue weighted by Gasteiger charge is -2.26. The van der Waals surface area contributed by atoms with Crippen LogP contribution in [0.3, 0.4) is 0 Å². The van der Waals surface area contributed by atoms with Crippen LogP contribution >= 0.6 is 0 Å². The highest BCUT2D eigenvalue weighted by Crippen LogP contribution is 2.24. The van der Waals surface area contributed by atoms with Crippen LogP contribution in [0.5, 0.6) is 0 Å². The number of benzene rings is 1. The lowest BCUT2D eigenvalue weighted by Crippen LogP contribution is -2.48. The van der Waals surface area contributed by atoms with Crippen LogP contribution in [0.15, 0.2) is 47.4 Å². The van der Waals surface area contributed by atoms with Crippen molar-refractivity contribution in [1.29, 1.82) is 0 Å². The highest BCUT2D eigenvalue weighted by Gasteiger charge is 2.37. The van der Waals surface area contributed by atoms with Gasteiger partial charge in [0.2, 0.25) is 11.8 Å². The molecule has 1 aliphatic heterocycles. The molecule has 0 saturated carbocycles. The molecule has 1 unspecified atom stereocenters. The maximum absolute atomic E-state index is 14.4. The minimum atomic E-state index is -0.701. The summed E-state index contributed by atoms with van der Waals surface area (Å²) in [5.41, 5.74) is 5.33. The van der Waals surface area contributed by atoms with Gasteiger partial charge in [-0.2, -0.15) is 0 Å². The highest BCUT2D eigenvalue weighted by molar-refractivity contribution is 5.93. The van der Waals surface area contributed by atoms with Gasteiger partial charge in [0.05, 0.1) is 30.6 Å². The molecule has 8 nitrogen and oxygen atoms in total. The average Bonchev–Trinajstić information content (AvgIpc) is 3.06. The van der Waals surface area contributed by atoms with Crippen molar-refractivity contribution in [3.63, 3.8) is 0 Å². The van der Waals surface area contributed by atoms with Gasteiger partial charge in [-0.1, -0.05) is 6.07 Å². The van der Waals surface area contributed by atoms with Gasteiger partial charge in [-0.25, -0.2) is 4.39 Å². The van der Waals surface area contributed by atoms with Gasteiger partial charge in [0.25, 0.3) is 5.56 Å². The number of carbonyl (C=O) groups is 2. The van der Waals surface area contributed by atoms with E-state index in [1.54, 1.807) is 12.1 Å². The van der Waals surface area contributed by atoms with E-state index in [1.807, 2.05) is 0 Å². The van der Waals surface area contributed by atoms with E-state index in [1.165, 1.54) is 33.9 Å². The van der Waals surface area contributed by atoms with Crippen LogP contribution < -0.4 is 16.6 Å². The van der Waals surface area contributed by atoms with E-state index in [-0.39, 0.29) is 30.4 Å². The zero-order valence-electron chi connectivity index (χ0n) is 15.0. The third-order valence-corrected chi connectivity index (χ3v) is 4.84. The molecule has 0 bridgehead atoms. The Labute approximate surface area is 160 Å². The van der Waals surface area contributed by atoms with Crippen molar-refractivity contribution < 1.29 is 19.1 Å². The van der Waals surface area contributed by atoms with Gasteiger partial charge >= 0.3 is 0 Å². The van der Waals surface area contributed by atoms with Crippen LogP contribution in [0.4, 0.5) is 10.1 Å². The largest absolute Gasteiger partial charge is 0.395 e. The van der Waals surface area contributed by atoms with Crippen molar-refractivity contribution in [3.05, 3.63) is 58.8 Å². The summed E-state index contributed by atoms with van der Waals surface area (Å²) in [5.74, 6) is -1.80. The number of pyridine rings is 1. The molecular formula is C19H21FN4O4. The Hall–Kier alpha value is -3.04. The van der Waals surface area contributed by atoms with Crippen LogP contribution in [0.2, 0.25) is 0 Å². The zero-order valence-corrected chi connectivity index (χ0v) is 15.0. The van der Waals surface area contributed by atoms with Crippen LogP contribution in [-0.2, 0) is 9.59 Å². The van der Waals surface area contributed by atoms with Gasteiger partial charge in [-0.05, 0) is 31.0 Å². The molecule has 2 atom stereocenters. The Balaban J connectivity index is 1.73. The molecule has 2 heterocycles. The quantitative estimate of drug-likeness (QED) is 0.655. The van der Waals surface area contributed by atoms with Gasteiger partial charge in [-0.3, -0.25) is 23.9 Å². The third kappa shape index (κ3) is 4.10. The van der Waals surface area contributed by atoms with Crippen LogP contribution in [0, 0.1) is 5.82 Å². The monoisotopic (exact) mass is 388 g/mol. The smallest absolute Gasteiger partial charge is 0.255 e. The lowest BCUT2D eigenvalue weighted by molar-refractivity contribution is -0.124. The number of aliphatic hydroxyl groups is 1. The minimum Gasteiger partial charge on any atom is -0.395 e. The number of halogens is 1. The molecule has 1 aliphatic rings. The third-order valence-electron chi connectivity index (χ3n) is 4.84. The summed E-state index contributed by atoms with van der Waals surface area (Å²) < 4.78 is 15.7. The molecule has 2 aromatic rings. The molecule has 9 heteroatoms. The topological polar surface area (TPSA) is 118 Å². The van der Waals surface area contributed by atoms with Crippen molar-refractivity contribution in [1.82, 2.24) is 9.47 Å². The summed E-state index contributed by atoms with van der Waals surface area (Å²) in [6.07, 6.45) is 2.52. The van der Waals surface area contributed by atoms with Crippen molar-refractivity contribution in [2.45, 2.75) is 24.9 Å². The molecule has 4 N–H and O–H groups in total. The first-order valence-electron chi connectivity index (χ1n) is 8.84. The van der Waals surface area contributed by atoms with Crippen molar-refractivity contribution >= 4 is 17.5 Å². The number of primary amides is 1. The van der Waals surface area contributed by atoms with E-state index in [4.69, 9.17) is 5.73 Å². The number of nitrogens with one attached hydrogen (secondary N) is 1. The number of aromatic nitrogens is 1. The number of amides is 2. The second-order valence-electron chi connectivity index (χ2n) is 6.63. The summed E-state index contributed by atoms with van der Waals surface area (Å²) in [4.78, 5) is 37.3. The number of anilines is 1. The first-order chi connectivity index (χ1) is 13.4. The molecule has 0 spiro atoms. The second-order valence-corrected chi connectivity index (χ2v) is 6.63. The summed E-state index contributed by atoms with van der Waals surface area (Å²) >= 11 is 0. The minimum absolute atomic E-state index is 0.0481. The molecule has 148 valence electrons. The first kappa shape index (κ1) is 19.7. The number of rotatable bonds is 6. The molecule has 0 aliphatic carbocycles. The zero-order chi connectivity index (χ0) is 20.3. The maximum atomic E-state index is 14.4.